The van der Waals surface area contributed by atoms with Crippen LogP contribution in [0.15, 0.2) is 18.2 Å². The van der Waals surface area contributed by atoms with Crippen molar-refractivity contribution in [2.75, 3.05) is 27.2 Å². The second-order valence-corrected chi connectivity index (χ2v) is 6.05. The summed E-state index contributed by atoms with van der Waals surface area (Å²) in [5.74, 6) is 0.250. The zero-order valence-corrected chi connectivity index (χ0v) is 13.0. The molecule has 1 fully saturated rings. The van der Waals surface area contributed by atoms with Crippen molar-refractivity contribution in [3.63, 3.8) is 0 Å². The molecule has 0 saturated carbocycles. The summed E-state index contributed by atoms with van der Waals surface area (Å²) in [6, 6.07) is 4.43. The lowest BCUT2D eigenvalue weighted by atomic mass is 10.1. The molecule has 21 heavy (non-hydrogen) atoms. The van der Waals surface area contributed by atoms with Gasteiger partial charge in [-0.05, 0) is 32.1 Å². The molecule has 0 aromatic heterocycles. The minimum absolute atomic E-state index is 0.0118. The minimum atomic E-state index is -0.559. The van der Waals surface area contributed by atoms with Crippen molar-refractivity contribution < 1.29 is 9.72 Å². The lowest BCUT2D eigenvalue weighted by Gasteiger charge is -2.22. The summed E-state index contributed by atoms with van der Waals surface area (Å²) in [5.41, 5.74) is 0.200. The fraction of sp³-hybridized carbons (Fsp3) is 0.500. The molecule has 2 rings (SSSR count). The zero-order valence-electron chi connectivity index (χ0n) is 12.2. The summed E-state index contributed by atoms with van der Waals surface area (Å²) in [7, 11) is 4.00. The van der Waals surface area contributed by atoms with Crippen LogP contribution in [-0.4, -0.2) is 53.9 Å². The van der Waals surface area contributed by atoms with E-state index in [1.54, 1.807) is 4.90 Å². The fourth-order valence-electron chi connectivity index (χ4n) is 2.76. The Hall–Kier alpha value is -1.66. The molecule has 6 nitrogen and oxygen atoms in total. The van der Waals surface area contributed by atoms with Gasteiger partial charge in [0.25, 0.3) is 11.6 Å². The number of nitro groups is 1. The van der Waals surface area contributed by atoms with Gasteiger partial charge in [0, 0.05) is 30.8 Å². The van der Waals surface area contributed by atoms with Gasteiger partial charge >= 0.3 is 0 Å². The molecule has 1 amide bonds. The number of likely N-dealkylation sites (N-methyl/N-ethyl adjacent to an activating group) is 1. The molecule has 1 aliphatic rings. The molecule has 7 heteroatoms. The lowest BCUT2D eigenvalue weighted by molar-refractivity contribution is -0.384. The smallest absolute Gasteiger partial charge is 0.287 e. The first-order valence-corrected chi connectivity index (χ1v) is 7.08. The number of nitrogens with zero attached hydrogens (tertiary/aromatic N) is 3. The van der Waals surface area contributed by atoms with Crippen LogP contribution in [0.2, 0.25) is 5.02 Å². The summed E-state index contributed by atoms with van der Waals surface area (Å²) in [6.07, 6.45) is 0. The maximum atomic E-state index is 12.5. The quantitative estimate of drug-likeness (QED) is 0.634. The topological polar surface area (TPSA) is 66.7 Å². The fourth-order valence-corrected chi connectivity index (χ4v) is 3.01. The number of carbonyl (C=O) groups excluding carboxylic acids is 1. The third kappa shape index (κ3) is 3.16. The first-order valence-electron chi connectivity index (χ1n) is 6.71. The Labute approximate surface area is 128 Å². The molecule has 2 atom stereocenters. The molecule has 1 heterocycles. The summed E-state index contributed by atoms with van der Waals surface area (Å²) in [4.78, 5) is 26.5. The number of amides is 1. The van der Waals surface area contributed by atoms with Gasteiger partial charge in [0.15, 0.2) is 0 Å². The molecule has 1 aromatic rings. The van der Waals surface area contributed by atoms with Crippen LogP contribution in [0.5, 0.6) is 0 Å². The Kier molecular flexibility index (Phi) is 4.49. The molecule has 0 aliphatic carbocycles. The molecular formula is C14H18ClN3O3. The molecule has 0 spiro atoms. The van der Waals surface area contributed by atoms with Crippen molar-refractivity contribution in [3.05, 3.63) is 38.9 Å². The monoisotopic (exact) mass is 311 g/mol. The minimum Gasteiger partial charge on any atom is -0.337 e. The van der Waals surface area contributed by atoms with E-state index in [0.717, 1.165) is 0 Å². The average molecular weight is 312 g/mol. The number of halogens is 1. The van der Waals surface area contributed by atoms with Gasteiger partial charge in [-0.2, -0.15) is 0 Å². The van der Waals surface area contributed by atoms with Crippen LogP contribution < -0.4 is 0 Å². The number of nitro benzene ring substituents is 1. The van der Waals surface area contributed by atoms with E-state index >= 15 is 0 Å². The maximum Gasteiger partial charge on any atom is 0.287 e. The van der Waals surface area contributed by atoms with Crippen molar-refractivity contribution in [3.8, 4) is 0 Å². The first-order chi connectivity index (χ1) is 9.81. The normalized spacial score (nSPS) is 21.9. The van der Waals surface area contributed by atoms with Crippen molar-refractivity contribution >= 4 is 23.2 Å². The lowest BCUT2D eigenvalue weighted by Crippen LogP contribution is -2.35. The number of hydrogen-bond acceptors (Lipinski definition) is 4. The van der Waals surface area contributed by atoms with Crippen LogP contribution in [0.3, 0.4) is 0 Å². The largest absolute Gasteiger partial charge is 0.337 e. The van der Waals surface area contributed by atoms with Crippen molar-refractivity contribution in [2.24, 2.45) is 5.92 Å². The maximum absolute atomic E-state index is 12.5. The Morgan fingerprint density at radius 2 is 2.10 bits per heavy atom. The van der Waals surface area contributed by atoms with E-state index in [9.17, 15) is 14.9 Å². The van der Waals surface area contributed by atoms with Crippen LogP contribution in [-0.2, 0) is 0 Å². The first kappa shape index (κ1) is 15.7. The van der Waals surface area contributed by atoms with Crippen LogP contribution in [0, 0.1) is 16.0 Å². The molecule has 1 aromatic carbocycles. The molecule has 1 aliphatic heterocycles. The summed E-state index contributed by atoms with van der Waals surface area (Å²) >= 11 is 5.86. The number of rotatable bonds is 3. The Bertz CT molecular complexity index is 577. The Morgan fingerprint density at radius 1 is 1.43 bits per heavy atom. The molecule has 2 unspecified atom stereocenters. The SMILES string of the molecule is CC1CN(C(=O)c2ccc([N+](=O)[O-])c(Cl)c2)CC1N(C)C. The summed E-state index contributed by atoms with van der Waals surface area (Å²) < 4.78 is 0. The highest BCUT2D eigenvalue weighted by molar-refractivity contribution is 6.33. The average Bonchev–Trinajstić information content (AvgIpc) is 2.79. The van der Waals surface area contributed by atoms with Crippen LogP contribution in [0.4, 0.5) is 5.69 Å². The van der Waals surface area contributed by atoms with E-state index in [2.05, 4.69) is 11.8 Å². The van der Waals surface area contributed by atoms with Crippen LogP contribution in [0.25, 0.3) is 0 Å². The molecule has 0 N–H and O–H groups in total. The van der Waals surface area contributed by atoms with E-state index in [0.29, 0.717) is 30.6 Å². The van der Waals surface area contributed by atoms with Crippen molar-refractivity contribution in [1.29, 1.82) is 0 Å². The predicted molar refractivity (Wildman–Crippen MR) is 80.6 cm³/mol. The summed E-state index contributed by atoms with van der Waals surface area (Å²) in [5, 5.41) is 10.7. The van der Waals surface area contributed by atoms with Crippen molar-refractivity contribution in [1.82, 2.24) is 9.80 Å². The van der Waals surface area contributed by atoms with Gasteiger partial charge in [-0.1, -0.05) is 18.5 Å². The summed E-state index contributed by atoms with van der Waals surface area (Å²) in [6.45, 7) is 3.44. The van der Waals surface area contributed by atoms with Crippen LogP contribution >= 0.6 is 11.6 Å². The number of hydrogen-bond donors (Lipinski definition) is 0. The third-order valence-electron chi connectivity index (χ3n) is 3.91. The molecule has 1 saturated heterocycles. The second-order valence-electron chi connectivity index (χ2n) is 5.64. The highest BCUT2D eigenvalue weighted by Gasteiger charge is 2.34. The highest BCUT2D eigenvalue weighted by Crippen LogP contribution is 2.27. The second kappa shape index (κ2) is 5.99. The van der Waals surface area contributed by atoms with E-state index in [1.807, 2.05) is 14.1 Å². The molecule has 0 bridgehead atoms. The van der Waals surface area contributed by atoms with Gasteiger partial charge < -0.3 is 9.80 Å². The van der Waals surface area contributed by atoms with Gasteiger partial charge in [0.2, 0.25) is 0 Å². The Morgan fingerprint density at radius 3 is 2.57 bits per heavy atom. The van der Waals surface area contributed by atoms with E-state index < -0.39 is 4.92 Å². The van der Waals surface area contributed by atoms with Gasteiger partial charge in [0.05, 0.1) is 4.92 Å². The third-order valence-corrected chi connectivity index (χ3v) is 4.22. The molecule has 0 radical (unpaired) electrons. The number of benzene rings is 1. The van der Waals surface area contributed by atoms with Crippen LogP contribution in [0.1, 0.15) is 17.3 Å². The standard InChI is InChI=1S/C14H18ClN3O3/c1-9-7-17(8-13(9)16(2)3)14(19)10-4-5-12(18(20)21)11(15)6-10/h4-6,9,13H,7-8H2,1-3H3. The van der Waals surface area contributed by atoms with Gasteiger partial charge in [-0.15, -0.1) is 0 Å². The highest BCUT2D eigenvalue weighted by atomic mass is 35.5. The molecule has 114 valence electrons. The van der Waals surface area contributed by atoms with Crippen molar-refractivity contribution in [2.45, 2.75) is 13.0 Å². The van der Waals surface area contributed by atoms with Gasteiger partial charge in [0.1, 0.15) is 5.02 Å². The van der Waals surface area contributed by atoms with E-state index in [4.69, 9.17) is 11.6 Å². The van der Waals surface area contributed by atoms with Gasteiger partial charge in [-0.25, -0.2) is 0 Å². The molecular weight excluding hydrogens is 294 g/mol. The van der Waals surface area contributed by atoms with E-state index in [-0.39, 0.29) is 16.6 Å². The van der Waals surface area contributed by atoms with Gasteiger partial charge in [-0.3, -0.25) is 14.9 Å². The predicted octanol–water partition coefficient (Wildman–Crippen LogP) is 2.27. The number of likely N-dealkylation sites (tertiary alicyclic amines) is 1. The zero-order chi connectivity index (χ0) is 15.7. The Balaban J connectivity index is 2.18. The number of carbonyl (C=O) groups is 1. The van der Waals surface area contributed by atoms with E-state index in [1.165, 1.54) is 18.2 Å².